The SMILES string of the molecule is COCC(CO)OCC(O)C(C)O. The molecule has 5 nitrogen and oxygen atoms in total. The van der Waals surface area contributed by atoms with E-state index in [1.54, 1.807) is 0 Å². The number of methoxy groups -OCH3 is 1. The van der Waals surface area contributed by atoms with Gasteiger partial charge in [-0.15, -0.1) is 0 Å². The van der Waals surface area contributed by atoms with Gasteiger partial charge in [-0.25, -0.2) is 0 Å². The predicted molar refractivity (Wildman–Crippen MR) is 46.4 cm³/mol. The summed E-state index contributed by atoms with van der Waals surface area (Å²) in [7, 11) is 1.50. The Morgan fingerprint density at radius 3 is 2.23 bits per heavy atom. The van der Waals surface area contributed by atoms with Crippen molar-refractivity contribution in [1.82, 2.24) is 0 Å². The minimum atomic E-state index is -0.925. The summed E-state index contributed by atoms with van der Waals surface area (Å²) in [6, 6.07) is 0. The topological polar surface area (TPSA) is 79.2 Å². The molecule has 0 amide bonds. The summed E-state index contributed by atoms with van der Waals surface area (Å²) in [4.78, 5) is 0. The Labute approximate surface area is 77.9 Å². The molecule has 0 aliphatic carbocycles. The summed E-state index contributed by atoms with van der Waals surface area (Å²) >= 11 is 0. The van der Waals surface area contributed by atoms with Gasteiger partial charge in [0.25, 0.3) is 0 Å². The van der Waals surface area contributed by atoms with Crippen LogP contribution in [0.4, 0.5) is 0 Å². The maximum Gasteiger partial charge on any atom is 0.104 e. The summed E-state index contributed by atoms with van der Waals surface area (Å²) in [6.45, 7) is 1.56. The minimum absolute atomic E-state index is 0.00769. The molecular weight excluding hydrogens is 176 g/mol. The monoisotopic (exact) mass is 194 g/mol. The fraction of sp³-hybridized carbons (Fsp3) is 1.00. The van der Waals surface area contributed by atoms with Crippen molar-refractivity contribution in [2.75, 3.05) is 26.9 Å². The Bertz CT molecular complexity index is 117. The first-order chi connectivity index (χ1) is 6.11. The second-order valence-electron chi connectivity index (χ2n) is 2.90. The standard InChI is InChI=1S/C8H18O5/c1-6(10)8(11)5-13-7(3-9)4-12-2/h6-11H,3-5H2,1-2H3. The Morgan fingerprint density at radius 1 is 1.23 bits per heavy atom. The molecule has 0 rings (SSSR count). The van der Waals surface area contributed by atoms with E-state index < -0.39 is 18.3 Å². The molecule has 0 aromatic rings. The van der Waals surface area contributed by atoms with Crippen LogP contribution >= 0.6 is 0 Å². The number of aliphatic hydroxyl groups excluding tert-OH is 3. The highest BCUT2D eigenvalue weighted by Gasteiger charge is 2.14. The van der Waals surface area contributed by atoms with Crippen LogP contribution in [0, 0.1) is 0 Å². The van der Waals surface area contributed by atoms with E-state index in [0.29, 0.717) is 0 Å². The highest BCUT2D eigenvalue weighted by atomic mass is 16.5. The summed E-state index contributed by atoms with van der Waals surface area (Å²) in [6.07, 6.45) is -2.20. The Hall–Kier alpha value is -0.200. The molecule has 0 aliphatic heterocycles. The lowest BCUT2D eigenvalue weighted by Gasteiger charge is -2.18. The van der Waals surface area contributed by atoms with Gasteiger partial charge in [0, 0.05) is 7.11 Å². The van der Waals surface area contributed by atoms with Crippen molar-refractivity contribution in [2.45, 2.75) is 25.2 Å². The molecule has 0 heterocycles. The van der Waals surface area contributed by atoms with E-state index in [4.69, 9.17) is 24.8 Å². The van der Waals surface area contributed by atoms with Crippen molar-refractivity contribution < 1.29 is 24.8 Å². The number of hydrogen-bond donors (Lipinski definition) is 3. The number of ether oxygens (including phenoxy) is 2. The molecule has 3 N–H and O–H groups in total. The lowest BCUT2D eigenvalue weighted by atomic mass is 10.2. The first-order valence-corrected chi connectivity index (χ1v) is 4.19. The molecule has 13 heavy (non-hydrogen) atoms. The van der Waals surface area contributed by atoms with Gasteiger partial charge in [-0.2, -0.15) is 0 Å². The van der Waals surface area contributed by atoms with Gasteiger partial charge in [0.05, 0.1) is 25.9 Å². The van der Waals surface area contributed by atoms with Gasteiger partial charge in [-0.05, 0) is 6.92 Å². The molecular formula is C8H18O5. The Kier molecular flexibility index (Phi) is 7.12. The molecule has 80 valence electrons. The van der Waals surface area contributed by atoms with Crippen molar-refractivity contribution in [1.29, 1.82) is 0 Å². The summed E-state index contributed by atoms with van der Waals surface area (Å²) in [5.41, 5.74) is 0. The molecule has 3 atom stereocenters. The third-order valence-electron chi connectivity index (χ3n) is 1.62. The molecule has 0 aromatic heterocycles. The zero-order chi connectivity index (χ0) is 10.3. The molecule has 0 saturated heterocycles. The average molecular weight is 194 g/mol. The molecule has 5 heteroatoms. The molecule has 0 spiro atoms. The fourth-order valence-electron chi connectivity index (χ4n) is 0.713. The smallest absolute Gasteiger partial charge is 0.104 e. The van der Waals surface area contributed by atoms with Crippen LogP contribution in [0.3, 0.4) is 0 Å². The summed E-state index contributed by atoms with van der Waals surface area (Å²) < 4.78 is 9.83. The molecule has 3 unspecified atom stereocenters. The largest absolute Gasteiger partial charge is 0.394 e. The molecule has 0 aromatic carbocycles. The average Bonchev–Trinajstić information content (AvgIpc) is 2.11. The van der Waals surface area contributed by atoms with E-state index in [-0.39, 0.29) is 19.8 Å². The molecule has 0 radical (unpaired) electrons. The number of aliphatic hydroxyl groups is 3. The van der Waals surface area contributed by atoms with Crippen molar-refractivity contribution in [3.05, 3.63) is 0 Å². The first-order valence-electron chi connectivity index (χ1n) is 4.19. The third kappa shape index (κ3) is 5.95. The van der Waals surface area contributed by atoms with Crippen molar-refractivity contribution in [3.63, 3.8) is 0 Å². The van der Waals surface area contributed by atoms with Crippen LogP contribution in [0.2, 0.25) is 0 Å². The van der Waals surface area contributed by atoms with E-state index in [1.165, 1.54) is 14.0 Å². The van der Waals surface area contributed by atoms with Crippen LogP contribution in [-0.4, -0.2) is 60.6 Å². The van der Waals surface area contributed by atoms with Crippen LogP contribution < -0.4 is 0 Å². The zero-order valence-corrected chi connectivity index (χ0v) is 8.01. The lowest BCUT2D eigenvalue weighted by molar-refractivity contribution is -0.0848. The van der Waals surface area contributed by atoms with Crippen molar-refractivity contribution in [2.24, 2.45) is 0 Å². The quantitative estimate of drug-likeness (QED) is 0.472. The van der Waals surface area contributed by atoms with Gasteiger partial charge in [0.2, 0.25) is 0 Å². The van der Waals surface area contributed by atoms with Crippen LogP contribution in [0.25, 0.3) is 0 Å². The minimum Gasteiger partial charge on any atom is -0.394 e. The third-order valence-corrected chi connectivity index (χ3v) is 1.62. The maximum atomic E-state index is 9.14. The number of rotatable bonds is 7. The van der Waals surface area contributed by atoms with E-state index in [9.17, 15) is 0 Å². The highest BCUT2D eigenvalue weighted by molar-refractivity contribution is 4.62. The second-order valence-corrected chi connectivity index (χ2v) is 2.90. The van der Waals surface area contributed by atoms with Gasteiger partial charge in [0.1, 0.15) is 12.2 Å². The first kappa shape index (κ1) is 12.8. The lowest BCUT2D eigenvalue weighted by Crippen LogP contribution is -2.33. The van der Waals surface area contributed by atoms with Crippen LogP contribution in [0.1, 0.15) is 6.92 Å². The Morgan fingerprint density at radius 2 is 1.85 bits per heavy atom. The van der Waals surface area contributed by atoms with Gasteiger partial charge in [-0.1, -0.05) is 0 Å². The van der Waals surface area contributed by atoms with E-state index in [2.05, 4.69) is 0 Å². The summed E-state index contributed by atoms with van der Waals surface area (Å²) in [5.74, 6) is 0. The molecule has 0 bridgehead atoms. The zero-order valence-electron chi connectivity index (χ0n) is 8.01. The van der Waals surface area contributed by atoms with E-state index in [1.807, 2.05) is 0 Å². The molecule has 0 fully saturated rings. The fourth-order valence-corrected chi connectivity index (χ4v) is 0.713. The van der Waals surface area contributed by atoms with Gasteiger partial charge in [0.15, 0.2) is 0 Å². The van der Waals surface area contributed by atoms with E-state index in [0.717, 1.165) is 0 Å². The van der Waals surface area contributed by atoms with Gasteiger partial charge >= 0.3 is 0 Å². The van der Waals surface area contributed by atoms with Gasteiger partial charge < -0.3 is 24.8 Å². The predicted octanol–water partition coefficient (Wildman–Crippen LogP) is -1.25. The number of hydrogen-bond acceptors (Lipinski definition) is 5. The maximum absolute atomic E-state index is 9.14. The van der Waals surface area contributed by atoms with Crippen LogP contribution in [-0.2, 0) is 9.47 Å². The second kappa shape index (κ2) is 7.23. The molecule has 0 aliphatic rings. The Balaban J connectivity index is 3.58. The van der Waals surface area contributed by atoms with Crippen molar-refractivity contribution in [3.8, 4) is 0 Å². The molecule has 0 saturated carbocycles. The highest BCUT2D eigenvalue weighted by Crippen LogP contribution is 1.97. The van der Waals surface area contributed by atoms with Crippen LogP contribution in [0.15, 0.2) is 0 Å². The van der Waals surface area contributed by atoms with Crippen molar-refractivity contribution >= 4 is 0 Å². The van der Waals surface area contributed by atoms with Crippen LogP contribution in [0.5, 0.6) is 0 Å². The summed E-state index contributed by atoms with van der Waals surface area (Å²) in [5, 5.41) is 26.8. The van der Waals surface area contributed by atoms with E-state index >= 15 is 0 Å². The normalized spacial score (nSPS) is 18.2. The van der Waals surface area contributed by atoms with Gasteiger partial charge in [-0.3, -0.25) is 0 Å².